The standard InChI is InChI=1S/C19H29N3O3/c1-14(2)12-22-8-9-25-17(13-22)10-20-18(23)11-21-19(24)16-6-4-15(3)5-7-16/h4-7,14,17H,8-13H2,1-3H3,(H,20,23)(H,21,24). The maximum atomic E-state index is 12.0. The second-order valence-electron chi connectivity index (χ2n) is 7.00. The van der Waals surface area contributed by atoms with Crippen LogP contribution in [0.15, 0.2) is 24.3 Å². The first-order valence-electron chi connectivity index (χ1n) is 8.89. The molecule has 1 aromatic carbocycles. The zero-order chi connectivity index (χ0) is 18.2. The van der Waals surface area contributed by atoms with Crippen molar-refractivity contribution in [2.75, 3.05) is 39.3 Å². The van der Waals surface area contributed by atoms with Crippen molar-refractivity contribution < 1.29 is 14.3 Å². The Bertz CT molecular complexity index is 572. The van der Waals surface area contributed by atoms with Crippen LogP contribution in [-0.2, 0) is 9.53 Å². The van der Waals surface area contributed by atoms with E-state index in [9.17, 15) is 9.59 Å². The van der Waals surface area contributed by atoms with Crippen LogP contribution >= 0.6 is 0 Å². The van der Waals surface area contributed by atoms with Crippen LogP contribution in [0.5, 0.6) is 0 Å². The molecule has 0 bridgehead atoms. The summed E-state index contributed by atoms with van der Waals surface area (Å²) < 4.78 is 5.70. The van der Waals surface area contributed by atoms with Crippen LogP contribution in [0, 0.1) is 12.8 Å². The molecule has 6 nitrogen and oxygen atoms in total. The zero-order valence-corrected chi connectivity index (χ0v) is 15.4. The molecule has 0 spiro atoms. The Morgan fingerprint density at radius 3 is 2.64 bits per heavy atom. The van der Waals surface area contributed by atoms with E-state index in [1.165, 1.54) is 0 Å². The third-order valence-electron chi connectivity index (χ3n) is 4.10. The summed E-state index contributed by atoms with van der Waals surface area (Å²) >= 11 is 0. The third kappa shape index (κ3) is 6.84. The molecule has 138 valence electrons. The van der Waals surface area contributed by atoms with E-state index in [1.54, 1.807) is 12.1 Å². The minimum absolute atomic E-state index is 0.00394. The summed E-state index contributed by atoms with van der Waals surface area (Å²) in [6.07, 6.45) is 0.00394. The van der Waals surface area contributed by atoms with Crippen molar-refractivity contribution in [3.05, 3.63) is 35.4 Å². The van der Waals surface area contributed by atoms with Crippen LogP contribution in [-0.4, -0.2) is 62.1 Å². The molecule has 1 fully saturated rings. The number of morpholine rings is 1. The number of carbonyl (C=O) groups excluding carboxylic acids is 2. The van der Waals surface area contributed by atoms with Crippen molar-refractivity contribution >= 4 is 11.8 Å². The molecule has 1 unspecified atom stereocenters. The molecule has 0 aromatic heterocycles. The van der Waals surface area contributed by atoms with Gasteiger partial charge in [-0.2, -0.15) is 0 Å². The maximum Gasteiger partial charge on any atom is 0.251 e. The minimum Gasteiger partial charge on any atom is -0.374 e. The van der Waals surface area contributed by atoms with Gasteiger partial charge in [-0.25, -0.2) is 0 Å². The highest BCUT2D eigenvalue weighted by Gasteiger charge is 2.21. The van der Waals surface area contributed by atoms with Gasteiger partial charge in [0.1, 0.15) is 0 Å². The predicted octanol–water partition coefficient (Wildman–Crippen LogP) is 1.20. The Balaban J connectivity index is 1.68. The molecule has 25 heavy (non-hydrogen) atoms. The fraction of sp³-hybridized carbons (Fsp3) is 0.579. The van der Waals surface area contributed by atoms with E-state index in [2.05, 4.69) is 29.4 Å². The van der Waals surface area contributed by atoms with Gasteiger partial charge in [-0.05, 0) is 25.0 Å². The first-order chi connectivity index (χ1) is 11.9. The van der Waals surface area contributed by atoms with Gasteiger partial charge >= 0.3 is 0 Å². The fourth-order valence-corrected chi connectivity index (χ4v) is 2.84. The van der Waals surface area contributed by atoms with Crippen molar-refractivity contribution in [3.8, 4) is 0 Å². The van der Waals surface area contributed by atoms with Gasteiger partial charge in [0, 0.05) is 31.7 Å². The van der Waals surface area contributed by atoms with Crippen molar-refractivity contribution in [1.82, 2.24) is 15.5 Å². The van der Waals surface area contributed by atoms with Crippen molar-refractivity contribution in [1.29, 1.82) is 0 Å². The van der Waals surface area contributed by atoms with E-state index in [0.29, 0.717) is 24.6 Å². The number of nitrogens with zero attached hydrogens (tertiary/aromatic N) is 1. The lowest BCUT2D eigenvalue weighted by Gasteiger charge is -2.33. The van der Waals surface area contributed by atoms with Crippen LogP contribution in [0.1, 0.15) is 29.8 Å². The number of rotatable bonds is 7. The van der Waals surface area contributed by atoms with Crippen LogP contribution in [0.25, 0.3) is 0 Å². The SMILES string of the molecule is Cc1ccc(C(=O)NCC(=O)NCC2CN(CC(C)C)CCO2)cc1. The lowest BCUT2D eigenvalue weighted by atomic mass is 10.1. The summed E-state index contributed by atoms with van der Waals surface area (Å²) in [6.45, 7) is 10.3. The lowest BCUT2D eigenvalue weighted by molar-refractivity contribution is -0.121. The molecule has 2 N–H and O–H groups in total. The highest BCUT2D eigenvalue weighted by molar-refractivity contribution is 5.96. The van der Waals surface area contributed by atoms with E-state index >= 15 is 0 Å². The molecule has 0 radical (unpaired) electrons. The van der Waals surface area contributed by atoms with Gasteiger partial charge < -0.3 is 15.4 Å². The quantitative estimate of drug-likeness (QED) is 0.777. The van der Waals surface area contributed by atoms with Gasteiger partial charge in [0.2, 0.25) is 5.91 Å². The molecule has 1 aliphatic heterocycles. The number of aryl methyl sites for hydroxylation is 1. The second-order valence-corrected chi connectivity index (χ2v) is 7.00. The summed E-state index contributed by atoms with van der Waals surface area (Å²) in [7, 11) is 0. The van der Waals surface area contributed by atoms with Gasteiger partial charge in [0.15, 0.2) is 0 Å². The highest BCUT2D eigenvalue weighted by atomic mass is 16.5. The highest BCUT2D eigenvalue weighted by Crippen LogP contribution is 2.07. The average Bonchev–Trinajstić information content (AvgIpc) is 2.58. The smallest absolute Gasteiger partial charge is 0.251 e. The Morgan fingerprint density at radius 2 is 1.96 bits per heavy atom. The molecular weight excluding hydrogens is 318 g/mol. The molecule has 0 saturated carbocycles. The van der Waals surface area contributed by atoms with E-state index in [0.717, 1.165) is 25.2 Å². The molecule has 1 aromatic rings. The number of amides is 2. The van der Waals surface area contributed by atoms with Crippen LogP contribution in [0.4, 0.5) is 0 Å². The van der Waals surface area contributed by atoms with Gasteiger partial charge in [0.05, 0.1) is 19.3 Å². The molecule has 1 aliphatic rings. The normalized spacial score (nSPS) is 18.2. The maximum absolute atomic E-state index is 12.0. The lowest BCUT2D eigenvalue weighted by Crippen LogP contribution is -2.49. The molecule has 6 heteroatoms. The number of hydrogen-bond acceptors (Lipinski definition) is 4. The number of hydrogen-bond donors (Lipinski definition) is 2. The van der Waals surface area contributed by atoms with E-state index in [1.807, 2.05) is 19.1 Å². The van der Waals surface area contributed by atoms with E-state index in [4.69, 9.17) is 4.74 Å². The Morgan fingerprint density at radius 1 is 1.24 bits per heavy atom. The third-order valence-corrected chi connectivity index (χ3v) is 4.10. The number of benzene rings is 1. The summed E-state index contributed by atoms with van der Waals surface area (Å²) in [5, 5.41) is 5.48. The fourth-order valence-electron chi connectivity index (χ4n) is 2.84. The van der Waals surface area contributed by atoms with E-state index in [-0.39, 0.29) is 24.5 Å². The van der Waals surface area contributed by atoms with Crippen molar-refractivity contribution in [2.45, 2.75) is 26.9 Å². The number of carbonyl (C=O) groups is 2. The van der Waals surface area contributed by atoms with Crippen molar-refractivity contribution in [3.63, 3.8) is 0 Å². The summed E-state index contributed by atoms with van der Waals surface area (Å²) in [5.41, 5.74) is 1.65. The average molecular weight is 347 g/mol. The topological polar surface area (TPSA) is 70.7 Å². The Hall–Kier alpha value is -1.92. The van der Waals surface area contributed by atoms with Gasteiger partial charge in [-0.3, -0.25) is 14.5 Å². The van der Waals surface area contributed by atoms with Gasteiger partial charge in [-0.1, -0.05) is 31.5 Å². The van der Waals surface area contributed by atoms with Crippen LogP contribution < -0.4 is 10.6 Å². The Labute approximate surface area is 149 Å². The zero-order valence-electron chi connectivity index (χ0n) is 15.4. The van der Waals surface area contributed by atoms with Crippen LogP contribution in [0.2, 0.25) is 0 Å². The largest absolute Gasteiger partial charge is 0.374 e. The minimum atomic E-state index is -0.243. The summed E-state index contributed by atoms with van der Waals surface area (Å²) in [4.78, 5) is 26.3. The first-order valence-corrected chi connectivity index (χ1v) is 8.89. The molecule has 1 saturated heterocycles. The molecule has 1 heterocycles. The molecule has 2 rings (SSSR count). The van der Waals surface area contributed by atoms with Crippen molar-refractivity contribution in [2.24, 2.45) is 5.92 Å². The molecular formula is C19H29N3O3. The van der Waals surface area contributed by atoms with Gasteiger partial charge in [-0.15, -0.1) is 0 Å². The second kappa shape index (κ2) is 9.53. The first kappa shape index (κ1) is 19.4. The van der Waals surface area contributed by atoms with Crippen LogP contribution in [0.3, 0.4) is 0 Å². The molecule has 2 amide bonds. The molecule has 0 aliphatic carbocycles. The predicted molar refractivity (Wildman–Crippen MR) is 97.5 cm³/mol. The monoisotopic (exact) mass is 347 g/mol. The van der Waals surface area contributed by atoms with Gasteiger partial charge in [0.25, 0.3) is 5.91 Å². The summed E-state index contributed by atoms with van der Waals surface area (Å²) in [5.74, 6) is 0.169. The summed E-state index contributed by atoms with van der Waals surface area (Å²) in [6, 6.07) is 7.25. The van der Waals surface area contributed by atoms with E-state index < -0.39 is 0 Å². The number of ether oxygens (including phenoxy) is 1. The number of nitrogens with one attached hydrogen (secondary N) is 2. The Kier molecular flexibility index (Phi) is 7.40. The molecule has 1 atom stereocenters.